The summed E-state index contributed by atoms with van der Waals surface area (Å²) < 4.78 is 0. The van der Waals surface area contributed by atoms with E-state index in [0.29, 0.717) is 5.92 Å². The van der Waals surface area contributed by atoms with Crippen molar-refractivity contribution in [2.45, 2.75) is 52.7 Å². The van der Waals surface area contributed by atoms with Gasteiger partial charge in [0.2, 0.25) is 0 Å². The van der Waals surface area contributed by atoms with Gasteiger partial charge in [0.05, 0.1) is 12.2 Å². The third-order valence-electron chi connectivity index (χ3n) is 5.41. The molecule has 2 aliphatic rings. The average molecular weight is 198 g/mol. The lowest BCUT2D eigenvalue weighted by Crippen LogP contribution is -2.41. The minimum Gasteiger partial charge on any atom is -0.393 e. The van der Waals surface area contributed by atoms with Crippen molar-refractivity contribution in [2.75, 3.05) is 0 Å². The Hall–Kier alpha value is -0.0800. The first-order chi connectivity index (χ1) is 6.32. The molecule has 82 valence electrons. The van der Waals surface area contributed by atoms with Crippen molar-refractivity contribution in [3.8, 4) is 0 Å². The number of rotatable bonds is 1. The zero-order valence-corrected chi connectivity index (χ0v) is 9.62. The normalized spacial score (nSPS) is 52.3. The standard InChI is InChI=1S/C12H22O2/c1-7(13)9-10(14)8-5-6-12(9,4)11(8,2)3/h7-10,13-14H,5-6H2,1-4H3. The summed E-state index contributed by atoms with van der Waals surface area (Å²) in [7, 11) is 0. The molecule has 0 amide bonds. The lowest BCUT2D eigenvalue weighted by Gasteiger charge is -2.40. The van der Waals surface area contributed by atoms with E-state index in [1.54, 1.807) is 0 Å². The summed E-state index contributed by atoms with van der Waals surface area (Å²) in [5, 5.41) is 20.0. The van der Waals surface area contributed by atoms with Gasteiger partial charge in [0, 0.05) is 5.92 Å². The maximum absolute atomic E-state index is 10.2. The Morgan fingerprint density at radius 1 is 1.29 bits per heavy atom. The smallest absolute Gasteiger partial charge is 0.0631 e. The van der Waals surface area contributed by atoms with Crippen molar-refractivity contribution in [3.63, 3.8) is 0 Å². The van der Waals surface area contributed by atoms with Gasteiger partial charge in [0.1, 0.15) is 0 Å². The maximum atomic E-state index is 10.2. The van der Waals surface area contributed by atoms with E-state index in [1.165, 1.54) is 0 Å². The summed E-state index contributed by atoms with van der Waals surface area (Å²) in [4.78, 5) is 0. The Bertz CT molecular complexity index is 247. The van der Waals surface area contributed by atoms with Gasteiger partial charge in [-0.3, -0.25) is 0 Å². The van der Waals surface area contributed by atoms with Crippen LogP contribution in [0.25, 0.3) is 0 Å². The molecule has 5 atom stereocenters. The van der Waals surface area contributed by atoms with Gasteiger partial charge in [-0.25, -0.2) is 0 Å². The van der Waals surface area contributed by atoms with E-state index in [4.69, 9.17) is 0 Å². The first-order valence-corrected chi connectivity index (χ1v) is 5.68. The average Bonchev–Trinajstić information content (AvgIpc) is 2.30. The Labute approximate surface area is 86.3 Å². The van der Waals surface area contributed by atoms with Crippen LogP contribution in [0.15, 0.2) is 0 Å². The molecule has 2 bridgehead atoms. The topological polar surface area (TPSA) is 40.5 Å². The number of aliphatic hydroxyl groups is 2. The van der Waals surface area contributed by atoms with Crippen LogP contribution in [-0.4, -0.2) is 22.4 Å². The number of hydrogen-bond donors (Lipinski definition) is 2. The van der Waals surface area contributed by atoms with E-state index >= 15 is 0 Å². The molecule has 2 nitrogen and oxygen atoms in total. The van der Waals surface area contributed by atoms with Gasteiger partial charge in [-0.2, -0.15) is 0 Å². The summed E-state index contributed by atoms with van der Waals surface area (Å²) in [5.41, 5.74) is 0.291. The van der Waals surface area contributed by atoms with E-state index in [9.17, 15) is 10.2 Å². The highest BCUT2D eigenvalue weighted by Gasteiger charge is 2.66. The quantitative estimate of drug-likeness (QED) is 0.674. The van der Waals surface area contributed by atoms with Gasteiger partial charge in [-0.15, -0.1) is 0 Å². The third-order valence-corrected chi connectivity index (χ3v) is 5.41. The highest BCUT2D eigenvalue weighted by atomic mass is 16.3. The molecular formula is C12H22O2. The van der Waals surface area contributed by atoms with Crippen LogP contribution in [0.5, 0.6) is 0 Å². The molecular weight excluding hydrogens is 176 g/mol. The monoisotopic (exact) mass is 198 g/mol. The molecule has 0 spiro atoms. The van der Waals surface area contributed by atoms with Crippen LogP contribution >= 0.6 is 0 Å². The zero-order valence-electron chi connectivity index (χ0n) is 9.62. The second-order valence-electron chi connectivity index (χ2n) is 6.04. The second-order valence-corrected chi connectivity index (χ2v) is 6.04. The van der Waals surface area contributed by atoms with Crippen LogP contribution in [0, 0.1) is 22.7 Å². The zero-order chi connectivity index (χ0) is 10.7. The van der Waals surface area contributed by atoms with Crippen molar-refractivity contribution in [3.05, 3.63) is 0 Å². The van der Waals surface area contributed by atoms with Crippen LogP contribution in [0.4, 0.5) is 0 Å². The largest absolute Gasteiger partial charge is 0.393 e. The van der Waals surface area contributed by atoms with Gasteiger partial charge in [-0.1, -0.05) is 20.8 Å². The molecule has 0 heterocycles. The summed E-state index contributed by atoms with van der Waals surface area (Å²) in [6, 6.07) is 0. The Morgan fingerprint density at radius 2 is 1.86 bits per heavy atom. The van der Waals surface area contributed by atoms with Gasteiger partial charge >= 0.3 is 0 Å². The predicted octanol–water partition coefficient (Wildman–Crippen LogP) is 1.80. The fourth-order valence-corrected chi connectivity index (χ4v) is 4.20. The van der Waals surface area contributed by atoms with Gasteiger partial charge in [0.25, 0.3) is 0 Å². The fourth-order valence-electron chi connectivity index (χ4n) is 4.20. The van der Waals surface area contributed by atoms with Crippen LogP contribution in [-0.2, 0) is 0 Å². The molecule has 5 unspecified atom stereocenters. The molecule has 2 saturated carbocycles. The Kier molecular flexibility index (Phi) is 2.04. The molecule has 0 radical (unpaired) electrons. The summed E-state index contributed by atoms with van der Waals surface area (Å²) in [5.74, 6) is 0.448. The molecule has 2 aliphatic carbocycles. The molecule has 0 aromatic rings. The molecule has 0 aromatic heterocycles. The van der Waals surface area contributed by atoms with Gasteiger partial charge in [-0.05, 0) is 36.5 Å². The fraction of sp³-hybridized carbons (Fsp3) is 1.00. The molecule has 2 fully saturated rings. The lowest BCUT2D eigenvalue weighted by molar-refractivity contribution is -0.0422. The first kappa shape index (κ1) is 10.4. The van der Waals surface area contributed by atoms with Crippen LogP contribution in [0.2, 0.25) is 0 Å². The SMILES string of the molecule is CC(O)C1C(O)C2CCC1(C)C2(C)C. The molecule has 2 N–H and O–H groups in total. The van der Waals surface area contributed by atoms with E-state index in [1.807, 2.05) is 6.92 Å². The van der Waals surface area contributed by atoms with Gasteiger partial charge in [0.15, 0.2) is 0 Å². The molecule has 0 aromatic carbocycles. The minimum absolute atomic E-state index is 0.0660. The summed E-state index contributed by atoms with van der Waals surface area (Å²) in [6.45, 7) is 8.54. The van der Waals surface area contributed by atoms with Crippen molar-refractivity contribution in [1.29, 1.82) is 0 Å². The predicted molar refractivity (Wildman–Crippen MR) is 55.8 cm³/mol. The van der Waals surface area contributed by atoms with Crippen molar-refractivity contribution < 1.29 is 10.2 Å². The summed E-state index contributed by atoms with van der Waals surface area (Å²) in [6.07, 6.45) is 1.58. The highest BCUT2D eigenvalue weighted by molar-refractivity contribution is 5.15. The van der Waals surface area contributed by atoms with Crippen LogP contribution in [0.3, 0.4) is 0 Å². The van der Waals surface area contributed by atoms with Gasteiger partial charge < -0.3 is 10.2 Å². The van der Waals surface area contributed by atoms with Crippen molar-refractivity contribution in [1.82, 2.24) is 0 Å². The maximum Gasteiger partial charge on any atom is 0.0631 e. The van der Waals surface area contributed by atoms with E-state index in [-0.39, 0.29) is 29.0 Å². The van der Waals surface area contributed by atoms with Crippen LogP contribution in [0.1, 0.15) is 40.5 Å². The first-order valence-electron chi connectivity index (χ1n) is 5.68. The van der Waals surface area contributed by atoms with E-state index in [2.05, 4.69) is 20.8 Å². The number of fused-ring (bicyclic) bond motifs is 2. The molecule has 2 rings (SSSR count). The van der Waals surface area contributed by atoms with Crippen molar-refractivity contribution in [2.24, 2.45) is 22.7 Å². The molecule has 14 heavy (non-hydrogen) atoms. The lowest BCUT2D eigenvalue weighted by atomic mass is 9.65. The number of aliphatic hydroxyl groups excluding tert-OH is 2. The van der Waals surface area contributed by atoms with E-state index < -0.39 is 0 Å². The molecule has 2 heteroatoms. The highest BCUT2D eigenvalue weighted by Crippen LogP contribution is 2.68. The second kappa shape index (κ2) is 2.73. The van der Waals surface area contributed by atoms with Crippen LogP contribution < -0.4 is 0 Å². The third kappa shape index (κ3) is 0.938. The molecule has 0 saturated heterocycles. The Balaban J connectivity index is 2.41. The van der Waals surface area contributed by atoms with Crippen molar-refractivity contribution >= 4 is 0 Å². The summed E-state index contributed by atoms with van der Waals surface area (Å²) >= 11 is 0. The molecule has 0 aliphatic heterocycles. The Morgan fingerprint density at radius 3 is 2.14 bits per heavy atom. The minimum atomic E-state index is -0.389. The van der Waals surface area contributed by atoms with E-state index in [0.717, 1.165) is 12.8 Å². The number of hydrogen-bond acceptors (Lipinski definition) is 2.